The van der Waals surface area contributed by atoms with Gasteiger partial charge in [0.05, 0.1) is 5.75 Å². The Bertz CT molecular complexity index is 424. The van der Waals surface area contributed by atoms with E-state index in [0.29, 0.717) is 5.16 Å². The summed E-state index contributed by atoms with van der Waals surface area (Å²) in [4.78, 5) is 10.5. The molecule has 0 aliphatic heterocycles. The fourth-order valence-electron chi connectivity index (χ4n) is 2.47. The maximum absolute atomic E-state index is 10.5. The predicted molar refractivity (Wildman–Crippen MR) is 65.2 cm³/mol. The highest BCUT2D eigenvalue weighted by Gasteiger charge is 2.35. The molecular weight excluding hydrogens is 238 g/mol. The van der Waals surface area contributed by atoms with Crippen LogP contribution in [-0.4, -0.2) is 31.6 Å². The average Bonchev–Trinajstić information content (AvgIpc) is 2.83. The van der Waals surface area contributed by atoms with Crippen molar-refractivity contribution < 1.29 is 9.90 Å². The van der Waals surface area contributed by atoms with Gasteiger partial charge in [0.25, 0.3) is 0 Å². The first kappa shape index (κ1) is 12.4. The van der Waals surface area contributed by atoms with E-state index in [2.05, 4.69) is 17.1 Å². The van der Waals surface area contributed by atoms with Crippen LogP contribution >= 0.6 is 11.8 Å². The average molecular weight is 255 g/mol. The van der Waals surface area contributed by atoms with Gasteiger partial charge >= 0.3 is 5.97 Å². The van der Waals surface area contributed by atoms with E-state index in [9.17, 15) is 4.79 Å². The van der Waals surface area contributed by atoms with Crippen molar-refractivity contribution in [3.05, 3.63) is 5.82 Å². The molecule has 5 nitrogen and oxygen atoms in total. The van der Waals surface area contributed by atoms with E-state index in [-0.39, 0.29) is 11.2 Å². The number of rotatable bonds is 4. The van der Waals surface area contributed by atoms with Crippen molar-refractivity contribution in [2.24, 2.45) is 7.05 Å². The highest BCUT2D eigenvalue weighted by Crippen LogP contribution is 2.40. The maximum Gasteiger partial charge on any atom is 0.313 e. The van der Waals surface area contributed by atoms with Crippen molar-refractivity contribution in [1.29, 1.82) is 0 Å². The molecule has 0 unspecified atom stereocenters. The van der Waals surface area contributed by atoms with Gasteiger partial charge in [0.15, 0.2) is 5.16 Å². The predicted octanol–water partition coefficient (Wildman–Crippen LogP) is 1.82. The van der Waals surface area contributed by atoms with E-state index in [1.807, 2.05) is 11.6 Å². The number of hydrogen-bond donors (Lipinski definition) is 1. The number of nitrogens with zero attached hydrogens (tertiary/aromatic N) is 3. The molecule has 1 aromatic heterocycles. The molecule has 0 spiro atoms. The molecule has 0 bridgehead atoms. The maximum atomic E-state index is 10.5. The van der Waals surface area contributed by atoms with Crippen LogP contribution in [0.25, 0.3) is 0 Å². The van der Waals surface area contributed by atoms with Crippen molar-refractivity contribution in [3.8, 4) is 0 Å². The van der Waals surface area contributed by atoms with E-state index in [1.165, 1.54) is 24.6 Å². The Balaban J connectivity index is 2.17. The summed E-state index contributed by atoms with van der Waals surface area (Å²) in [6, 6.07) is 0. The molecule has 1 saturated carbocycles. The van der Waals surface area contributed by atoms with Gasteiger partial charge in [0, 0.05) is 12.5 Å². The SMILES string of the molecule is Cn1c(SCC(=O)O)nnc1C1(C)CCCC1. The molecule has 1 heterocycles. The van der Waals surface area contributed by atoms with Crippen LogP contribution in [0.1, 0.15) is 38.4 Å². The lowest BCUT2D eigenvalue weighted by atomic mass is 9.88. The zero-order valence-corrected chi connectivity index (χ0v) is 11.0. The second-order valence-electron chi connectivity index (χ2n) is 4.82. The van der Waals surface area contributed by atoms with Crippen LogP contribution in [-0.2, 0) is 17.3 Å². The fraction of sp³-hybridized carbons (Fsp3) is 0.727. The Hall–Kier alpha value is -1.04. The molecule has 6 heteroatoms. The van der Waals surface area contributed by atoms with Gasteiger partial charge < -0.3 is 9.67 Å². The molecule has 0 amide bonds. The van der Waals surface area contributed by atoms with E-state index >= 15 is 0 Å². The largest absolute Gasteiger partial charge is 0.481 e. The molecule has 1 N–H and O–H groups in total. The molecule has 0 atom stereocenters. The molecular formula is C11H17N3O2S. The van der Waals surface area contributed by atoms with Crippen molar-refractivity contribution in [2.45, 2.75) is 43.2 Å². The Morgan fingerprint density at radius 3 is 2.71 bits per heavy atom. The smallest absolute Gasteiger partial charge is 0.313 e. The van der Waals surface area contributed by atoms with Crippen molar-refractivity contribution in [1.82, 2.24) is 14.8 Å². The Labute approximate surface area is 105 Å². The summed E-state index contributed by atoms with van der Waals surface area (Å²) in [6.45, 7) is 2.22. The Morgan fingerprint density at radius 1 is 1.47 bits per heavy atom. The van der Waals surface area contributed by atoms with Crippen LogP contribution in [0.2, 0.25) is 0 Å². The quantitative estimate of drug-likeness (QED) is 0.831. The van der Waals surface area contributed by atoms with Crippen LogP contribution in [0.15, 0.2) is 5.16 Å². The number of hydrogen-bond acceptors (Lipinski definition) is 4. The summed E-state index contributed by atoms with van der Waals surface area (Å²) < 4.78 is 1.94. The second-order valence-corrected chi connectivity index (χ2v) is 5.76. The van der Waals surface area contributed by atoms with Crippen molar-refractivity contribution in [2.75, 3.05) is 5.75 Å². The first-order valence-electron chi connectivity index (χ1n) is 5.77. The van der Waals surface area contributed by atoms with E-state index in [4.69, 9.17) is 5.11 Å². The van der Waals surface area contributed by atoms with E-state index in [1.54, 1.807) is 0 Å². The van der Waals surface area contributed by atoms with Gasteiger partial charge in [-0.05, 0) is 12.8 Å². The third-order valence-electron chi connectivity index (χ3n) is 3.41. The van der Waals surface area contributed by atoms with Crippen LogP contribution in [0.4, 0.5) is 0 Å². The molecule has 2 rings (SSSR count). The Morgan fingerprint density at radius 2 is 2.12 bits per heavy atom. The summed E-state index contributed by atoms with van der Waals surface area (Å²) in [5.74, 6) is 0.192. The molecule has 1 fully saturated rings. The molecule has 94 valence electrons. The van der Waals surface area contributed by atoms with Crippen LogP contribution < -0.4 is 0 Å². The van der Waals surface area contributed by atoms with Crippen molar-refractivity contribution in [3.63, 3.8) is 0 Å². The number of carboxylic acids is 1. The van der Waals surface area contributed by atoms with Gasteiger partial charge in [0.2, 0.25) is 0 Å². The lowest BCUT2D eigenvalue weighted by Gasteiger charge is -2.21. The minimum Gasteiger partial charge on any atom is -0.481 e. The summed E-state index contributed by atoms with van der Waals surface area (Å²) in [5.41, 5.74) is 0.115. The van der Waals surface area contributed by atoms with Gasteiger partial charge in [-0.3, -0.25) is 4.79 Å². The van der Waals surface area contributed by atoms with E-state index in [0.717, 1.165) is 18.7 Å². The van der Waals surface area contributed by atoms with Gasteiger partial charge in [-0.15, -0.1) is 10.2 Å². The molecule has 1 aliphatic carbocycles. The number of thioether (sulfide) groups is 1. The second kappa shape index (κ2) is 4.68. The zero-order valence-electron chi connectivity index (χ0n) is 10.1. The first-order chi connectivity index (χ1) is 8.03. The summed E-state index contributed by atoms with van der Waals surface area (Å²) in [5, 5.41) is 17.7. The monoisotopic (exact) mass is 255 g/mol. The van der Waals surface area contributed by atoms with E-state index < -0.39 is 5.97 Å². The minimum absolute atomic E-state index is 0.0304. The molecule has 0 radical (unpaired) electrons. The topological polar surface area (TPSA) is 68.0 Å². The summed E-state index contributed by atoms with van der Waals surface area (Å²) in [7, 11) is 1.92. The van der Waals surface area contributed by atoms with Gasteiger partial charge in [-0.1, -0.05) is 31.5 Å². The normalized spacial score (nSPS) is 18.5. The highest BCUT2D eigenvalue weighted by atomic mass is 32.2. The van der Waals surface area contributed by atoms with Crippen molar-refractivity contribution >= 4 is 17.7 Å². The fourth-order valence-corrected chi connectivity index (χ4v) is 3.10. The standard InChI is InChI=1S/C11H17N3O2S/c1-11(5-3-4-6-11)9-12-13-10(14(9)2)17-7-8(15)16/h3-7H2,1-2H3,(H,15,16). The highest BCUT2D eigenvalue weighted by molar-refractivity contribution is 7.99. The minimum atomic E-state index is -0.827. The van der Waals surface area contributed by atoms with Gasteiger partial charge in [0.1, 0.15) is 5.82 Å². The third-order valence-corrected chi connectivity index (χ3v) is 4.41. The molecule has 1 aromatic rings. The van der Waals surface area contributed by atoms with Crippen LogP contribution in [0.3, 0.4) is 0 Å². The number of aliphatic carboxylic acids is 1. The number of carboxylic acid groups (broad SMARTS) is 1. The summed E-state index contributed by atoms with van der Waals surface area (Å²) >= 11 is 1.22. The molecule has 0 aromatic carbocycles. The Kier molecular flexibility index (Phi) is 3.42. The number of aromatic nitrogens is 3. The van der Waals surface area contributed by atoms with Gasteiger partial charge in [-0.25, -0.2) is 0 Å². The lowest BCUT2D eigenvalue weighted by molar-refractivity contribution is -0.133. The summed E-state index contributed by atoms with van der Waals surface area (Å²) in [6.07, 6.45) is 4.76. The zero-order chi connectivity index (χ0) is 12.5. The molecule has 1 aliphatic rings. The number of carbonyl (C=O) groups is 1. The van der Waals surface area contributed by atoms with Crippen LogP contribution in [0, 0.1) is 0 Å². The molecule has 17 heavy (non-hydrogen) atoms. The molecule has 0 saturated heterocycles. The van der Waals surface area contributed by atoms with Gasteiger partial charge in [-0.2, -0.15) is 0 Å². The third kappa shape index (κ3) is 2.46. The van der Waals surface area contributed by atoms with Crippen LogP contribution in [0.5, 0.6) is 0 Å². The lowest BCUT2D eigenvalue weighted by Crippen LogP contribution is -2.22. The first-order valence-corrected chi connectivity index (χ1v) is 6.76.